The van der Waals surface area contributed by atoms with Crippen molar-refractivity contribution in [3.05, 3.63) is 51.2 Å². The van der Waals surface area contributed by atoms with Crippen molar-refractivity contribution >= 4 is 22.6 Å². The van der Waals surface area contributed by atoms with E-state index in [1.807, 2.05) is 7.05 Å². The molecule has 0 saturated heterocycles. The predicted molar refractivity (Wildman–Crippen MR) is 83.2 cm³/mol. The summed E-state index contributed by atoms with van der Waals surface area (Å²) < 4.78 is 19.2. The van der Waals surface area contributed by atoms with Crippen molar-refractivity contribution in [2.45, 2.75) is 12.5 Å². The van der Waals surface area contributed by atoms with Gasteiger partial charge in [-0.05, 0) is 47.3 Å². The minimum atomic E-state index is -0.225. The fourth-order valence-corrected chi connectivity index (χ4v) is 2.81. The van der Waals surface area contributed by atoms with Crippen LogP contribution in [0.3, 0.4) is 0 Å². The molecule has 1 aromatic carbocycles. The molecule has 0 spiro atoms. The number of methoxy groups -OCH3 is 1. The van der Waals surface area contributed by atoms with Crippen molar-refractivity contribution in [2.24, 2.45) is 0 Å². The number of hydrogen-bond acceptors (Lipinski definition) is 4. The van der Waals surface area contributed by atoms with Crippen LogP contribution in [0.1, 0.15) is 17.3 Å². The lowest BCUT2D eigenvalue weighted by atomic mass is 10.0. The summed E-state index contributed by atoms with van der Waals surface area (Å²) in [5.74, 6) is 0.315. The zero-order valence-corrected chi connectivity index (χ0v) is 13.4. The Morgan fingerprint density at radius 3 is 2.80 bits per heavy atom. The van der Waals surface area contributed by atoms with E-state index >= 15 is 0 Å². The summed E-state index contributed by atoms with van der Waals surface area (Å²) in [5.41, 5.74) is 1.92. The largest absolute Gasteiger partial charge is 0.481 e. The van der Waals surface area contributed by atoms with Crippen molar-refractivity contribution in [2.75, 3.05) is 14.2 Å². The number of nitrogens with zero attached hydrogens (tertiary/aromatic N) is 2. The van der Waals surface area contributed by atoms with E-state index in [1.165, 1.54) is 18.5 Å². The second-order valence-electron chi connectivity index (χ2n) is 4.26. The van der Waals surface area contributed by atoms with Gasteiger partial charge >= 0.3 is 0 Å². The summed E-state index contributed by atoms with van der Waals surface area (Å²) in [7, 11) is 3.45. The molecule has 1 aromatic heterocycles. The summed E-state index contributed by atoms with van der Waals surface area (Å²) in [6, 6.07) is 6.67. The van der Waals surface area contributed by atoms with Crippen LogP contribution >= 0.6 is 22.6 Å². The molecule has 1 N–H and O–H groups in total. The molecular weight excluding hydrogens is 372 g/mol. The summed E-state index contributed by atoms with van der Waals surface area (Å²) >= 11 is 2.14. The Hall–Kier alpha value is -1.28. The molecular formula is C14H15FIN3O. The van der Waals surface area contributed by atoms with Crippen LogP contribution in [0.4, 0.5) is 4.39 Å². The van der Waals surface area contributed by atoms with Crippen molar-refractivity contribution in [3.63, 3.8) is 0 Å². The summed E-state index contributed by atoms with van der Waals surface area (Å²) in [6.07, 6.45) is 2.16. The van der Waals surface area contributed by atoms with Crippen molar-refractivity contribution < 1.29 is 9.13 Å². The number of ether oxygens (including phenoxy) is 1. The fourth-order valence-electron chi connectivity index (χ4n) is 1.96. The van der Waals surface area contributed by atoms with E-state index in [-0.39, 0.29) is 11.9 Å². The van der Waals surface area contributed by atoms with Crippen LogP contribution in [0.25, 0.3) is 0 Å². The van der Waals surface area contributed by atoms with E-state index in [2.05, 4.69) is 37.9 Å². The van der Waals surface area contributed by atoms with Gasteiger partial charge in [0.2, 0.25) is 5.88 Å². The van der Waals surface area contributed by atoms with Gasteiger partial charge in [0.15, 0.2) is 0 Å². The predicted octanol–water partition coefficient (Wildman–Crippen LogP) is 2.73. The topological polar surface area (TPSA) is 47.0 Å². The monoisotopic (exact) mass is 387 g/mol. The first kappa shape index (κ1) is 15.1. The molecule has 1 unspecified atom stereocenters. The standard InChI is InChI=1S/C14H15FIN3O/c1-17-13(11-4-3-9(15)5-12(11)16)6-10-7-14(20-2)19-8-18-10/h3-5,7-8,13,17H,6H2,1-2H3. The average molecular weight is 387 g/mol. The van der Waals surface area contributed by atoms with Gasteiger partial charge in [-0.2, -0.15) is 0 Å². The van der Waals surface area contributed by atoms with Crippen LogP contribution in [-0.2, 0) is 6.42 Å². The summed E-state index contributed by atoms with van der Waals surface area (Å²) in [4.78, 5) is 8.23. The maximum Gasteiger partial charge on any atom is 0.216 e. The van der Waals surface area contributed by atoms with Crippen molar-refractivity contribution in [1.82, 2.24) is 15.3 Å². The number of likely N-dealkylation sites (N-methyl/N-ethyl adjacent to an activating group) is 1. The number of benzene rings is 1. The molecule has 2 rings (SSSR count). The smallest absolute Gasteiger partial charge is 0.216 e. The Bertz CT molecular complexity index is 594. The van der Waals surface area contributed by atoms with E-state index in [9.17, 15) is 4.39 Å². The SMILES string of the molecule is CNC(Cc1cc(OC)ncn1)c1ccc(F)cc1I. The normalized spacial score (nSPS) is 12.2. The average Bonchev–Trinajstić information content (AvgIpc) is 2.45. The lowest BCUT2D eigenvalue weighted by Gasteiger charge is -2.18. The third-order valence-corrected chi connectivity index (χ3v) is 3.94. The third kappa shape index (κ3) is 3.63. The van der Waals surface area contributed by atoms with E-state index in [0.29, 0.717) is 12.3 Å². The number of rotatable bonds is 5. The molecule has 0 saturated carbocycles. The first-order valence-electron chi connectivity index (χ1n) is 6.11. The van der Waals surface area contributed by atoms with Gasteiger partial charge in [0.1, 0.15) is 12.1 Å². The zero-order chi connectivity index (χ0) is 14.5. The Balaban J connectivity index is 2.23. The highest BCUT2D eigenvalue weighted by atomic mass is 127. The Morgan fingerprint density at radius 1 is 1.35 bits per heavy atom. The van der Waals surface area contributed by atoms with E-state index in [4.69, 9.17) is 4.74 Å². The van der Waals surface area contributed by atoms with Crippen LogP contribution in [0, 0.1) is 9.39 Å². The fraction of sp³-hybridized carbons (Fsp3) is 0.286. The van der Waals surface area contributed by atoms with Crippen LogP contribution in [0.5, 0.6) is 5.88 Å². The molecule has 0 radical (unpaired) electrons. The number of aromatic nitrogens is 2. The molecule has 2 aromatic rings. The maximum absolute atomic E-state index is 13.2. The molecule has 0 bridgehead atoms. The second kappa shape index (κ2) is 6.94. The number of halogens is 2. The van der Waals surface area contributed by atoms with Crippen LogP contribution in [0.15, 0.2) is 30.6 Å². The van der Waals surface area contributed by atoms with Crippen LogP contribution in [-0.4, -0.2) is 24.1 Å². The first-order chi connectivity index (χ1) is 9.63. The molecule has 0 amide bonds. The van der Waals surface area contributed by atoms with Gasteiger partial charge in [0.25, 0.3) is 0 Å². The molecule has 106 valence electrons. The van der Waals surface area contributed by atoms with Gasteiger partial charge in [0, 0.05) is 27.8 Å². The number of nitrogens with one attached hydrogen (secondary N) is 1. The Morgan fingerprint density at radius 2 is 2.15 bits per heavy atom. The van der Waals surface area contributed by atoms with Crippen molar-refractivity contribution in [3.8, 4) is 5.88 Å². The summed E-state index contributed by atoms with van der Waals surface area (Å²) in [5, 5.41) is 3.24. The van der Waals surface area contributed by atoms with E-state index in [1.54, 1.807) is 19.2 Å². The molecule has 1 atom stereocenters. The van der Waals surface area contributed by atoms with Gasteiger partial charge in [-0.3, -0.25) is 0 Å². The highest BCUT2D eigenvalue weighted by molar-refractivity contribution is 14.1. The Kier molecular flexibility index (Phi) is 5.24. The van der Waals surface area contributed by atoms with Gasteiger partial charge < -0.3 is 10.1 Å². The van der Waals surface area contributed by atoms with Gasteiger partial charge in [-0.25, -0.2) is 14.4 Å². The molecule has 0 aliphatic rings. The molecule has 0 aliphatic heterocycles. The summed E-state index contributed by atoms with van der Waals surface area (Å²) in [6.45, 7) is 0. The van der Waals surface area contributed by atoms with Crippen LogP contribution < -0.4 is 10.1 Å². The minimum absolute atomic E-state index is 0.0575. The quantitative estimate of drug-likeness (QED) is 0.802. The van der Waals surface area contributed by atoms with Gasteiger partial charge in [-0.15, -0.1) is 0 Å². The zero-order valence-electron chi connectivity index (χ0n) is 11.2. The highest BCUT2D eigenvalue weighted by Crippen LogP contribution is 2.24. The third-order valence-electron chi connectivity index (χ3n) is 3.01. The van der Waals surface area contributed by atoms with E-state index in [0.717, 1.165) is 14.8 Å². The lowest BCUT2D eigenvalue weighted by molar-refractivity contribution is 0.395. The lowest BCUT2D eigenvalue weighted by Crippen LogP contribution is -2.20. The molecule has 0 aliphatic carbocycles. The first-order valence-corrected chi connectivity index (χ1v) is 7.19. The second-order valence-corrected chi connectivity index (χ2v) is 5.43. The van der Waals surface area contributed by atoms with Crippen molar-refractivity contribution in [1.29, 1.82) is 0 Å². The molecule has 1 heterocycles. The van der Waals surface area contributed by atoms with Gasteiger partial charge in [0.05, 0.1) is 7.11 Å². The Labute approximate surface area is 130 Å². The minimum Gasteiger partial charge on any atom is -0.481 e. The van der Waals surface area contributed by atoms with Gasteiger partial charge in [-0.1, -0.05) is 6.07 Å². The van der Waals surface area contributed by atoms with Crippen LogP contribution in [0.2, 0.25) is 0 Å². The molecule has 6 heteroatoms. The molecule has 4 nitrogen and oxygen atoms in total. The maximum atomic E-state index is 13.2. The molecule has 20 heavy (non-hydrogen) atoms. The number of hydrogen-bond donors (Lipinski definition) is 1. The van der Waals surface area contributed by atoms with E-state index < -0.39 is 0 Å². The molecule has 0 fully saturated rings. The highest BCUT2D eigenvalue weighted by Gasteiger charge is 2.15.